The highest BCUT2D eigenvalue weighted by Crippen LogP contribution is 2.24. The minimum absolute atomic E-state index is 0.139. The first kappa shape index (κ1) is 22.6. The van der Waals surface area contributed by atoms with Crippen LogP contribution in [0.25, 0.3) is 5.57 Å². The Hall–Kier alpha value is -2.63. The van der Waals surface area contributed by atoms with Crippen LogP contribution in [0.5, 0.6) is 0 Å². The van der Waals surface area contributed by atoms with Crippen molar-refractivity contribution >= 4 is 35.0 Å². The Morgan fingerprint density at radius 3 is 2.41 bits per heavy atom. The lowest BCUT2D eigenvalue weighted by Crippen LogP contribution is -2.42. The summed E-state index contributed by atoms with van der Waals surface area (Å²) in [6.07, 6.45) is 6.50. The molecule has 0 N–H and O–H groups in total. The summed E-state index contributed by atoms with van der Waals surface area (Å²) in [7, 11) is 1.88. The molecule has 6 heteroatoms. The van der Waals surface area contributed by atoms with E-state index in [0.29, 0.717) is 11.1 Å². The number of carbonyl (C=O) groups is 1. The smallest absolute Gasteiger partial charge is 0.254 e. The lowest BCUT2D eigenvalue weighted by molar-refractivity contribution is 0.0709. The van der Waals surface area contributed by atoms with Crippen molar-refractivity contribution in [3.63, 3.8) is 0 Å². The molecule has 2 aromatic rings. The monoisotopic (exact) mass is 450 g/mol. The van der Waals surface area contributed by atoms with Crippen LogP contribution in [0, 0.1) is 0 Å². The van der Waals surface area contributed by atoms with Crippen molar-refractivity contribution in [1.29, 1.82) is 0 Å². The molecule has 0 aliphatic carbocycles. The molecule has 2 aliphatic rings. The predicted octanol–water partition coefficient (Wildman–Crippen LogP) is 5.18. The van der Waals surface area contributed by atoms with Crippen molar-refractivity contribution in [3.8, 4) is 0 Å². The third-order valence-corrected chi connectivity index (χ3v) is 6.65. The Kier molecular flexibility index (Phi) is 7.28. The van der Waals surface area contributed by atoms with E-state index in [-0.39, 0.29) is 5.91 Å². The van der Waals surface area contributed by atoms with E-state index < -0.39 is 0 Å². The maximum Gasteiger partial charge on any atom is 0.254 e. The number of nitrogens with zero attached hydrogens (tertiary/aromatic N) is 4. The summed E-state index contributed by atoms with van der Waals surface area (Å²) in [4.78, 5) is 17.7. The van der Waals surface area contributed by atoms with Gasteiger partial charge in [-0.15, -0.1) is 0 Å². The highest BCUT2D eigenvalue weighted by Gasteiger charge is 2.31. The standard InChI is InChI=1S/C26H31ClN4O/c1-20(21-7-11-23(27)12-8-21)18-28-29(2)24-13-9-22(10-14-24)26(32)31-17-5-6-25(31)19-30-15-3-4-16-30/h7-14,18,25H,1,3-6,15-17,19H2,2H3/b28-18-/t25-/m0/s1. The zero-order valence-electron chi connectivity index (χ0n) is 18.7. The zero-order chi connectivity index (χ0) is 22.5. The highest BCUT2D eigenvalue weighted by atomic mass is 35.5. The average Bonchev–Trinajstić information content (AvgIpc) is 3.50. The second-order valence-electron chi connectivity index (χ2n) is 8.65. The number of hydrazone groups is 1. The van der Waals surface area contributed by atoms with Crippen molar-refractivity contribution in [3.05, 3.63) is 71.3 Å². The van der Waals surface area contributed by atoms with Gasteiger partial charge in [0, 0.05) is 36.8 Å². The third-order valence-electron chi connectivity index (χ3n) is 6.40. The van der Waals surface area contributed by atoms with Crippen LogP contribution in [0.2, 0.25) is 5.02 Å². The van der Waals surface area contributed by atoms with E-state index in [9.17, 15) is 4.79 Å². The number of amides is 1. The number of carbonyl (C=O) groups excluding carboxylic acids is 1. The molecule has 0 unspecified atom stereocenters. The van der Waals surface area contributed by atoms with Crippen molar-refractivity contribution in [2.24, 2.45) is 5.10 Å². The molecular weight excluding hydrogens is 420 g/mol. The largest absolute Gasteiger partial charge is 0.334 e. The Morgan fingerprint density at radius 2 is 1.72 bits per heavy atom. The Balaban J connectivity index is 1.36. The molecule has 5 nitrogen and oxygen atoms in total. The fraction of sp³-hybridized carbons (Fsp3) is 0.385. The number of likely N-dealkylation sites (tertiary alicyclic amines) is 2. The molecule has 0 aromatic heterocycles. The number of hydrogen-bond acceptors (Lipinski definition) is 4. The maximum atomic E-state index is 13.2. The van der Waals surface area contributed by atoms with Crippen LogP contribution in [0.3, 0.4) is 0 Å². The Labute approximate surface area is 196 Å². The molecule has 32 heavy (non-hydrogen) atoms. The first-order valence-corrected chi connectivity index (χ1v) is 11.7. The van der Waals surface area contributed by atoms with E-state index in [2.05, 4.69) is 21.5 Å². The van der Waals surface area contributed by atoms with Gasteiger partial charge in [0.2, 0.25) is 0 Å². The summed E-state index contributed by atoms with van der Waals surface area (Å²) < 4.78 is 0. The first-order chi connectivity index (χ1) is 15.5. The van der Waals surface area contributed by atoms with E-state index in [4.69, 9.17) is 11.6 Å². The summed E-state index contributed by atoms with van der Waals surface area (Å²) in [5.41, 5.74) is 3.43. The number of benzene rings is 2. The molecule has 2 fully saturated rings. The van der Waals surface area contributed by atoms with Gasteiger partial charge in [-0.05, 0) is 86.3 Å². The predicted molar refractivity (Wildman–Crippen MR) is 134 cm³/mol. The molecule has 0 spiro atoms. The van der Waals surface area contributed by atoms with Gasteiger partial charge in [0.05, 0.1) is 11.9 Å². The minimum Gasteiger partial charge on any atom is -0.334 e. The van der Waals surface area contributed by atoms with Gasteiger partial charge in [-0.25, -0.2) is 0 Å². The van der Waals surface area contributed by atoms with Gasteiger partial charge in [0.25, 0.3) is 5.91 Å². The van der Waals surface area contributed by atoms with Gasteiger partial charge in [0.1, 0.15) is 0 Å². The molecule has 0 radical (unpaired) electrons. The van der Waals surface area contributed by atoms with Crippen molar-refractivity contribution in [2.75, 3.05) is 38.2 Å². The molecule has 1 amide bonds. The van der Waals surface area contributed by atoms with Gasteiger partial charge in [-0.1, -0.05) is 30.3 Å². The van der Waals surface area contributed by atoms with Crippen molar-refractivity contribution in [2.45, 2.75) is 31.7 Å². The molecule has 2 heterocycles. The SMILES string of the molecule is C=C(/C=N\N(C)c1ccc(C(=O)N2CCC[C@H]2CN2CCCC2)cc1)c1ccc(Cl)cc1. The quantitative estimate of drug-likeness (QED) is 0.431. The number of allylic oxidation sites excluding steroid dienone is 1. The van der Waals surface area contributed by atoms with Crippen LogP contribution in [-0.2, 0) is 0 Å². The van der Waals surface area contributed by atoms with E-state index in [1.54, 1.807) is 11.2 Å². The normalized spacial score (nSPS) is 19.1. The van der Waals surface area contributed by atoms with Gasteiger partial charge < -0.3 is 9.80 Å². The van der Waals surface area contributed by atoms with Crippen LogP contribution in [0.1, 0.15) is 41.6 Å². The van der Waals surface area contributed by atoms with Crippen LogP contribution < -0.4 is 5.01 Å². The van der Waals surface area contributed by atoms with E-state index in [1.807, 2.05) is 55.6 Å². The lowest BCUT2D eigenvalue weighted by atomic mass is 10.1. The van der Waals surface area contributed by atoms with Crippen LogP contribution >= 0.6 is 11.6 Å². The molecule has 2 aromatic carbocycles. The zero-order valence-corrected chi connectivity index (χ0v) is 19.5. The summed E-state index contributed by atoms with van der Waals surface area (Å²) in [6, 6.07) is 15.6. The van der Waals surface area contributed by atoms with Crippen molar-refractivity contribution < 1.29 is 4.79 Å². The maximum absolute atomic E-state index is 13.2. The summed E-state index contributed by atoms with van der Waals surface area (Å²) in [5, 5.41) is 6.96. The highest BCUT2D eigenvalue weighted by molar-refractivity contribution is 6.30. The Morgan fingerprint density at radius 1 is 1.06 bits per heavy atom. The second kappa shape index (κ2) is 10.3. The number of anilines is 1. The Bertz CT molecular complexity index is 964. The molecule has 2 aliphatic heterocycles. The van der Waals surface area contributed by atoms with E-state index in [1.165, 1.54) is 25.9 Å². The third kappa shape index (κ3) is 5.40. The van der Waals surface area contributed by atoms with Crippen LogP contribution in [0.15, 0.2) is 60.2 Å². The molecule has 1 atom stereocenters. The van der Waals surface area contributed by atoms with Gasteiger partial charge in [-0.2, -0.15) is 5.10 Å². The van der Waals surface area contributed by atoms with E-state index >= 15 is 0 Å². The molecule has 2 saturated heterocycles. The lowest BCUT2D eigenvalue weighted by Gasteiger charge is -2.28. The van der Waals surface area contributed by atoms with Gasteiger partial charge in [0.15, 0.2) is 0 Å². The number of hydrogen-bond donors (Lipinski definition) is 0. The fourth-order valence-electron chi connectivity index (χ4n) is 4.50. The second-order valence-corrected chi connectivity index (χ2v) is 9.09. The summed E-state index contributed by atoms with van der Waals surface area (Å²) in [6.45, 7) is 8.28. The first-order valence-electron chi connectivity index (χ1n) is 11.4. The molecule has 0 saturated carbocycles. The summed E-state index contributed by atoms with van der Waals surface area (Å²) in [5.74, 6) is 0.139. The number of rotatable bonds is 7. The van der Waals surface area contributed by atoms with Crippen LogP contribution in [-0.4, -0.2) is 61.2 Å². The average molecular weight is 451 g/mol. The molecule has 4 rings (SSSR count). The topological polar surface area (TPSA) is 39.2 Å². The number of halogens is 1. The van der Waals surface area contributed by atoms with Crippen LogP contribution in [0.4, 0.5) is 5.69 Å². The van der Waals surface area contributed by atoms with Gasteiger partial charge in [-0.3, -0.25) is 9.80 Å². The minimum atomic E-state index is 0.139. The van der Waals surface area contributed by atoms with E-state index in [0.717, 1.165) is 48.3 Å². The van der Waals surface area contributed by atoms with Gasteiger partial charge >= 0.3 is 0 Å². The fourth-order valence-corrected chi connectivity index (χ4v) is 4.63. The molecule has 0 bridgehead atoms. The van der Waals surface area contributed by atoms with Crippen molar-refractivity contribution in [1.82, 2.24) is 9.80 Å². The molecular formula is C26H31ClN4O. The molecule has 168 valence electrons. The summed E-state index contributed by atoms with van der Waals surface area (Å²) >= 11 is 5.95.